The summed E-state index contributed by atoms with van der Waals surface area (Å²) in [6.45, 7) is 7.89. The first-order valence-electron chi connectivity index (χ1n) is 9.72. The van der Waals surface area contributed by atoms with E-state index in [0.29, 0.717) is 0 Å². The number of unbranched alkanes of at least 4 members (excludes halogenated alkanes) is 1. The van der Waals surface area contributed by atoms with E-state index >= 15 is 0 Å². The molecule has 0 aliphatic rings. The Morgan fingerprint density at radius 3 is 2.48 bits per heavy atom. The highest BCUT2D eigenvalue weighted by Crippen LogP contribution is 2.35. The van der Waals surface area contributed by atoms with Crippen LogP contribution in [0.2, 0.25) is 0 Å². The van der Waals surface area contributed by atoms with E-state index in [-0.39, 0.29) is 0 Å². The lowest BCUT2D eigenvalue weighted by atomic mass is 10.0. The van der Waals surface area contributed by atoms with Gasteiger partial charge in [-0.05, 0) is 30.9 Å². The van der Waals surface area contributed by atoms with E-state index in [2.05, 4.69) is 43.7 Å². The van der Waals surface area contributed by atoms with Crippen LogP contribution < -0.4 is 4.74 Å². The Labute approximate surface area is 151 Å². The van der Waals surface area contributed by atoms with Gasteiger partial charge in [0.2, 0.25) is 0 Å². The maximum atomic E-state index is 5.56. The van der Waals surface area contributed by atoms with Gasteiger partial charge in [0.25, 0.3) is 0 Å². The third kappa shape index (κ3) is 3.12. The van der Waals surface area contributed by atoms with Crippen molar-refractivity contribution in [1.29, 1.82) is 0 Å². The van der Waals surface area contributed by atoms with Crippen LogP contribution in [0.4, 0.5) is 0 Å². The van der Waals surface area contributed by atoms with Crippen molar-refractivity contribution in [2.45, 2.75) is 65.8 Å². The number of rotatable bonds is 8. The number of benzene rings is 1. The van der Waals surface area contributed by atoms with E-state index < -0.39 is 0 Å². The number of hydrogen-bond donors (Lipinski definition) is 0. The highest BCUT2D eigenvalue weighted by Gasteiger charge is 2.19. The van der Waals surface area contributed by atoms with Crippen LogP contribution in [-0.4, -0.2) is 16.7 Å². The van der Waals surface area contributed by atoms with Gasteiger partial charge >= 0.3 is 0 Å². The topological polar surface area (TPSA) is 27.1 Å². The summed E-state index contributed by atoms with van der Waals surface area (Å²) < 4.78 is 8.14. The molecule has 0 atom stereocenters. The second-order valence-electron chi connectivity index (χ2n) is 6.81. The summed E-state index contributed by atoms with van der Waals surface area (Å²) >= 11 is 0. The number of para-hydroxylation sites is 1. The first-order valence-corrected chi connectivity index (χ1v) is 9.72. The summed E-state index contributed by atoms with van der Waals surface area (Å²) in [6.07, 6.45) is 9.10. The summed E-state index contributed by atoms with van der Waals surface area (Å²) in [5.74, 6) is 0.858. The van der Waals surface area contributed by atoms with E-state index in [0.717, 1.165) is 30.7 Å². The fourth-order valence-corrected chi connectivity index (χ4v) is 3.93. The molecular weight excluding hydrogens is 308 g/mol. The Kier molecular flexibility index (Phi) is 5.62. The van der Waals surface area contributed by atoms with Gasteiger partial charge in [0, 0.05) is 29.2 Å². The summed E-state index contributed by atoms with van der Waals surface area (Å²) in [4.78, 5) is 4.78. The third-order valence-electron chi connectivity index (χ3n) is 5.04. The number of pyridine rings is 1. The van der Waals surface area contributed by atoms with Crippen molar-refractivity contribution in [2.24, 2.45) is 0 Å². The highest BCUT2D eigenvalue weighted by atomic mass is 16.5. The zero-order valence-corrected chi connectivity index (χ0v) is 16.1. The number of nitrogens with zero attached hydrogens (tertiary/aromatic N) is 2. The van der Waals surface area contributed by atoms with Crippen LogP contribution in [0, 0.1) is 0 Å². The van der Waals surface area contributed by atoms with Crippen LogP contribution in [0.3, 0.4) is 0 Å². The number of methoxy groups -OCH3 is 1. The van der Waals surface area contributed by atoms with Crippen LogP contribution in [-0.2, 0) is 19.4 Å². The van der Waals surface area contributed by atoms with Crippen molar-refractivity contribution in [3.8, 4) is 5.75 Å². The summed E-state index contributed by atoms with van der Waals surface area (Å²) in [7, 11) is 1.72. The predicted molar refractivity (Wildman–Crippen MR) is 107 cm³/mol. The van der Waals surface area contributed by atoms with Gasteiger partial charge in [-0.25, -0.2) is 0 Å². The lowest BCUT2D eigenvalue weighted by molar-refractivity contribution is 0.419. The highest BCUT2D eigenvalue weighted by molar-refractivity contribution is 6.07. The van der Waals surface area contributed by atoms with E-state index in [1.165, 1.54) is 53.2 Å². The van der Waals surface area contributed by atoms with Crippen LogP contribution in [0.1, 0.15) is 57.7 Å². The molecule has 25 heavy (non-hydrogen) atoms. The van der Waals surface area contributed by atoms with Gasteiger partial charge in [0.05, 0.1) is 12.6 Å². The molecule has 1 aromatic carbocycles. The molecule has 0 N–H and O–H groups in total. The number of aryl methyl sites for hydroxylation is 2. The van der Waals surface area contributed by atoms with Gasteiger partial charge in [-0.2, -0.15) is 0 Å². The molecule has 2 heterocycles. The molecule has 0 radical (unpaired) electrons. The smallest absolute Gasteiger partial charge is 0.145 e. The molecule has 0 fully saturated rings. The van der Waals surface area contributed by atoms with Crippen molar-refractivity contribution in [3.63, 3.8) is 0 Å². The Morgan fingerprint density at radius 1 is 1.00 bits per heavy atom. The number of aromatic nitrogens is 2. The van der Waals surface area contributed by atoms with E-state index in [4.69, 9.17) is 9.72 Å². The molecule has 3 aromatic rings. The maximum absolute atomic E-state index is 5.56. The Balaban J connectivity index is 2.38. The number of fused-ring (bicyclic) bond motifs is 3. The van der Waals surface area contributed by atoms with Gasteiger partial charge < -0.3 is 9.30 Å². The average Bonchev–Trinajstić information content (AvgIpc) is 2.93. The minimum Gasteiger partial charge on any atom is -0.494 e. The fraction of sp³-hybridized carbons (Fsp3) is 0.500. The fourth-order valence-electron chi connectivity index (χ4n) is 3.93. The SMILES string of the molecule is CCCCn1c(CCC)c(CCC)c2cnc3c(OC)cccc3c21. The Morgan fingerprint density at radius 2 is 1.80 bits per heavy atom. The molecular formula is C22H30N2O. The third-order valence-corrected chi connectivity index (χ3v) is 5.04. The van der Waals surface area contributed by atoms with Crippen molar-refractivity contribution < 1.29 is 4.74 Å². The predicted octanol–water partition coefficient (Wildman–Crippen LogP) is 5.90. The van der Waals surface area contributed by atoms with Gasteiger partial charge in [0.15, 0.2) is 0 Å². The van der Waals surface area contributed by atoms with Gasteiger partial charge in [-0.1, -0.05) is 52.2 Å². The van der Waals surface area contributed by atoms with Crippen molar-refractivity contribution in [2.75, 3.05) is 7.11 Å². The average molecular weight is 338 g/mol. The lowest BCUT2D eigenvalue weighted by Crippen LogP contribution is -2.05. The Bertz CT molecular complexity index is 863. The summed E-state index contributed by atoms with van der Waals surface area (Å²) in [5.41, 5.74) is 5.35. The molecule has 0 aliphatic carbocycles. The van der Waals surface area contributed by atoms with Crippen molar-refractivity contribution >= 4 is 21.8 Å². The molecule has 0 spiro atoms. The Hall–Kier alpha value is -2.03. The van der Waals surface area contributed by atoms with Crippen molar-refractivity contribution in [1.82, 2.24) is 9.55 Å². The second kappa shape index (κ2) is 7.90. The zero-order chi connectivity index (χ0) is 17.8. The standard InChI is InChI=1S/C22H30N2O/c1-5-8-14-24-19(11-7-3)16(10-6-2)18-15-23-21-17(22(18)24)12-9-13-20(21)25-4/h9,12-13,15H,5-8,10-11,14H2,1-4H3. The molecule has 0 saturated carbocycles. The first-order chi connectivity index (χ1) is 12.3. The molecule has 0 aliphatic heterocycles. The monoisotopic (exact) mass is 338 g/mol. The van der Waals surface area contributed by atoms with E-state index in [1.54, 1.807) is 7.11 Å². The molecule has 0 unspecified atom stereocenters. The summed E-state index contributed by atoms with van der Waals surface area (Å²) in [6, 6.07) is 6.28. The van der Waals surface area contributed by atoms with Crippen LogP contribution in [0.25, 0.3) is 21.8 Å². The molecule has 2 aromatic heterocycles. The van der Waals surface area contributed by atoms with Crippen LogP contribution >= 0.6 is 0 Å². The van der Waals surface area contributed by atoms with Crippen LogP contribution in [0.5, 0.6) is 5.75 Å². The first kappa shape index (κ1) is 17.8. The van der Waals surface area contributed by atoms with Gasteiger partial charge in [-0.3, -0.25) is 4.98 Å². The molecule has 3 rings (SSSR count). The minimum absolute atomic E-state index is 0.858. The van der Waals surface area contributed by atoms with Crippen molar-refractivity contribution in [3.05, 3.63) is 35.7 Å². The van der Waals surface area contributed by atoms with Gasteiger partial charge in [-0.15, -0.1) is 0 Å². The van der Waals surface area contributed by atoms with E-state index in [9.17, 15) is 0 Å². The van der Waals surface area contributed by atoms with Gasteiger partial charge in [0.1, 0.15) is 11.3 Å². The normalized spacial score (nSPS) is 11.5. The molecule has 134 valence electrons. The molecule has 3 nitrogen and oxygen atoms in total. The summed E-state index contributed by atoms with van der Waals surface area (Å²) in [5, 5.41) is 2.55. The molecule has 0 saturated heterocycles. The number of hydrogen-bond acceptors (Lipinski definition) is 2. The largest absolute Gasteiger partial charge is 0.494 e. The minimum atomic E-state index is 0.858. The number of ether oxygens (including phenoxy) is 1. The second-order valence-corrected chi connectivity index (χ2v) is 6.81. The molecule has 0 amide bonds. The quantitative estimate of drug-likeness (QED) is 0.511. The van der Waals surface area contributed by atoms with Crippen LogP contribution in [0.15, 0.2) is 24.4 Å². The lowest BCUT2D eigenvalue weighted by Gasteiger charge is -2.12. The van der Waals surface area contributed by atoms with E-state index in [1.807, 2.05) is 6.07 Å². The maximum Gasteiger partial charge on any atom is 0.145 e. The molecule has 3 heteroatoms. The zero-order valence-electron chi connectivity index (χ0n) is 16.1. The molecule has 0 bridgehead atoms.